The van der Waals surface area contributed by atoms with Gasteiger partial charge in [0.1, 0.15) is 24.0 Å². The molecule has 8 nitrogen and oxygen atoms in total. The van der Waals surface area contributed by atoms with Crippen LogP contribution in [0.4, 0.5) is 23.8 Å². The van der Waals surface area contributed by atoms with E-state index in [1.165, 1.54) is 10.7 Å². The van der Waals surface area contributed by atoms with Gasteiger partial charge in [-0.1, -0.05) is 24.3 Å². The fourth-order valence-corrected chi connectivity index (χ4v) is 4.37. The number of benzene rings is 2. The lowest BCUT2D eigenvalue weighted by atomic mass is 9.94. The lowest BCUT2D eigenvalue weighted by molar-refractivity contribution is 0.159. The van der Waals surface area contributed by atoms with Crippen molar-refractivity contribution in [2.45, 2.75) is 18.6 Å². The molecule has 2 heterocycles. The number of hydrogen-bond acceptors (Lipinski definition) is 5. The first-order valence-corrected chi connectivity index (χ1v) is 11.3. The van der Waals surface area contributed by atoms with Gasteiger partial charge < -0.3 is 10.1 Å². The number of alkyl halides is 1. The predicted molar refractivity (Wildman–Crippen MR) is 126 cm³/mol. The SMILES string of the molecule is COCCN1C[C@@H](NC(=O)Nc2c(C#N)c(CF)nn2-c2ccccc2)[C@H](c2ccc(F)c(F)c2)C1. The van der Waals surface area contributed by atoms with E-state index in [-0.39, 0.29) is 23.0 Å². The maximum atomic E-state index is 14.0. The lowest BCUT2D eigenvalue weighted by Gasteiger charge is -2.21. The van der Waals surface area contributed by atoms with Gasteiger partial charge in [-0.15, -0.1) is 0 Å². The minimum Gasteiger partial charge on any atom is -0.383 e. The Morgan fingerprint density at radius 2 is 1.97 bits per heavy atom. The number of rotatable bonds is 8. The van der Waals surface area contributed by atoms with Crippen molar-refractivity contribution >= 4 is 11.8 Å². The third kappa shape index (κ3) is 5.35. The molecule has 0 saturated carbocycles. The monoisotopic (exact) mass is 498 g/mol. The Balaban J connectivity index is 1.59. The van der Waals surface area contributed by atoms with Gasteiger partial charge in [0.15, 0.2) is 17.5 Å². The summed E-state index contributed by atoms with van der Waals surface area (Å²) >= 11 is 0. The van der Waals surface area contributed by atoms with Gasteiger partial charge in [-0.2, -0.15) is 10.4 Å². The molecule has 1 fully saturated rings. The molecule has 0 radical (unpaired) electrons. The number of likely N-dealkylation sites (tertiary alicyclic amines) is 1. The number of carbonyl (C=O) groups excluding carboxylic acids is 1. The molecule has 4 rings (SSSR count). The number of carbonyl (C=O) groups is 1. The fraction of sp³-hybridized carbons (Fsp3) is 0.320. The zero-order valence-corrected chi connectivity index (χ0v) is 19.5. The summed E-state index contributed by atoms with van der Waals surface area (Å²) < 4.78 is 47.5. The maximum absolute atomic E-state index is 14.0. The normalized spacial score (nSPS) is 17.6. The van der Waals surface area contributed by atoms with Crippen LogP contribution in [-0.4, -0.2) is 60.1 Å². The van der Waals surface area contributed by atoms with Crippen LogP contribution in [0, 0.1) is 23.0 Å². The number of ether oxygens (including phenoxy) is 1. The molecule has 2 N–H and O–H groups in total. The molecule has 188 valence electrons. The summed E-state index contributed by atoms with van der Waals surface area (Å²) in [5.74, 6) is -2.20. The molecule has 0 bridgehead atoms. The molecule has 11 heteroatoms. The Morgan fingerprint density at radius 3 is 2.64 bits per heavy atom. The second-order valence-corrected chi connectivity index (χ2v) is 8.40. The average Bonchev–Trinajstić information content (AvgIpc) is 3.45. The van der Waals surface area contributed by atoms with Gasteiger partial charge in [0, 0.05) is 32.7 Å². The smallest absolute Gasteiger partial charge is 0.320 e. The molecular formula is C25H25F3N6O2. The number of urea groups is 1. The van der Waals surface area contributed by atoms with Gasteiger partial charge in [-0.3, -0.25) is 10.2 Å². The first kappa shape index (κ1) is 25.2. The summed E-state index contributed by atoms with van der Waals surface area (Å²) in [6.07, 6.45) is 0. The molecule has 1 saturated heterocycles. The van der Waals surface area contributed by atoms with Crippen molar-refractivity contribution in [2.24, 2.45) is 0 Å². The van der Waals surface area contributed by atoms with Crippen LogP contribution >= 0.6 is 0 Å². The molecule has 2 aromatic carbocycles. The third-order valence-electron chi connectivity index (χ3n) is 6.12. The van der Waals surface area contributed by atoms with Crippen LogP contribution < -0.4 is 10.6 Å². The van der Waals surface area contributed by atoms with E-state index >= 15 is 0 Å². The van der Waals surface area contributed by atoms with E-state index in [1.54, 1.807) is 37.4 Å². The Morgan fingerprint density at radius 1 is 1.19 bits per heavy atom. The molecular weight excluding hydrogens is 473 g/mol. The first-order chi connectivity index (χ1) is 17.4. The zero-order valence-electron chi connectivity index (χ0n) is 19.5. The van der Waals surface area contributed by atoms with Crippen LogP contribution in [-0.2, 0) is 11.4 Å². The van der Waals surface area contributed by atoms with Crippen molar-refractivity contribution in [3.63, 3.8) is 0 Å². The Hall–Kier alpha value is -3.88. The lowest BCUT2D eigenvalue weighted by Crippen LogP contribution is -2.42. The molecule has 2 amide bonds. The highest BCUT2D eigenvalue weighted by atomic mass is 19.2. The fourth-order valence-electron chi connectivity index (χ4n) is 4.37. The quantitative estimate of drug-likeness (QED) is 0.494. The number of nitrogens with one attached hydrogen (secondary N) is 2. The first-order valence-electron chi connectivity index (χ1n) is 11.3. The largest absolute Gasteiger partial charge is 0.383 e. The predicted octanol–water partition coefficient (Wildman–Crippen LogP) is 3.73. The van der Waals surface area contributed by atoms with Crippen molar-refractivity contribution in [3.8, 4) is 11.8 Å². The summed E-state index contributed by atoms with van der Waals surface area (Å²) in [7, 11) is 1.58. The number of aromatic nitrogens is 2. The van der Waals surface area contributed by atoms with Gasteiger partial charge in [-0.25, -0.2) is 22.6 Å². The number of hydrogen-bond donors (Lipinski definition) is 2. The number of para-hydroxylation sites is 1. The summed E-state index contributed by atoms with van der Waals surface area (Å²) in [6.45, 7) is 1.03. The van der Waals surface area contributed by atoms with Crippen molar-refractivity contribution in [3.05, 3.63) is 77.0 Å². The van der Waals surface area contributed by atoms with E-state index in [0.29, 0.717) is 37.5 Å². The highest BCUT2D eigenvalue weighted by Crippen LogP contribution is 2.29. The van der Waals surface area contributed by atoms with Gasteiger partial charge >= 0.3 is 6.03 Å². The van der Waals surface area contributed by atoms with Crippen molar-refractivity contribution in [2.75, 3.05) is 38.7 Å². The standard InChI is InChI=1S/C25H25F3N6O2/c1-36-10-9-33-14-19(16-7-8-20(27)21(28)11-16)23(15-33)30-25(35)31-24-18(13-29)22(12-26)32-34(24)17-5-3-2-4-6-17/h2-8,11,19,23H,9-10,12,14-15H2,1H3,(H2,30,31,35)/t19-,23+/m0/s1. The molecule has 1 aliphatic heterocycles. The van der Waals surface area contributed by atoms with Gasteiger partial charge in [-0.05, 0) is 29.8 Å². The second kappa shape index (κ2) is 11.2. The molecule has 1 aliphatic rings. The topological polar surface area (TPSA) is 95.2 Å². The van der Waals surface area contributed by atoms with Crippen molar-refractivity contribution in [1.29, 1.82) is 5.26 Å². The van der Waals surface area contributed by atoms with E-state index in [2.05, 4.69) is 20.6 Å². The number of methoxy groups -OCH3 is 1. The maximum Gasteiger partial charge on any atom is 0.320 e. The number of amides is 2. The average molecular weight is 499 g/mol. The number of nitrogens with zero attached hydrogens (tertiary/aromatic N) is 4. The summed E-state index contributed by atoms with van der Waals surface area (Å²) in [6, 6.07) is 13.2. The Bertz CT molecular complexity index is 1260. The summed E-state index contributed by atoms with van der Waals surface area (Å²) in [5, 5.41) is 19.3. The Kier molecular flexibility index (Phi) is 7.87. The van der Waals surface area contributed by atoms with Crippen LogP contribution in [0.25, 0.3) is 5.69 Å². The van der Waals surface area contributed by atoms with E-state index in [0.717, 1.165) is 12.1 Å². The van der Waals surface area contributed by atoms with Gasteiger partial charge in [0.05, 0.1) is 18.3 Å². The highest BCUT2D eigenvalue weighted by molar-refractivity contribution is 5.90. The minimum atomic E-state index is -0.978. The van der Waals surface area contributed by atoms with Crippen LogP contribution in [0.15, 0.2) is 48.5 Å². The Labute approximate surface area is 206 Å². The van der Waals surface area contributed by atoms with E-state index in [1.807, 2.05) is 6.07 Å². The zero-order chi connectivity index (χ0) is 25.7. The molecule has 2 atom stereocenters. The third-order valence-corrected chi connectivity index (χ3v) is 6.12. The molecule has 3 aromatic rings. The second-order valence-electron chi connectivity index (χ2n) is 8.40. The molecule has 36 heavy (non-hydrogen) atoms. The summed E-state index contributed by atoms with van der Waals surface area (Å²) in [4.78, 5) is 15.1. The van der Waals surface area contributed by atoms with E-state index in [4.69, 9.17) is 4.74 Å². The number of anilines is 1. The van der Waals surface area contributed by atoms with E-state index in [9.17, 15) is 23.2 Å². The van der Waals surface area contributed by atoms with Crippen molar-refractivity contribution in [1.82, 2.24) is 20.0 Å². The highest BCUT2D eigenvalue weighted by Gasteiger charge is 2.35. The molecule has 0 aliphatic carbocycles. The van der Waals surface area contributed by atoms with Crippen LogP contribution in [0.5, 0.6) is 0 Å². The molecule has 0 unspecified atom stereocenters. The molecule has 1 aromatic heterocycles. The number of nitriles is 1. The van der Waals surface area contributed by atoms with Crippen molar-refractivity contribution < 1.29 is 22.7 Å². The van der Waals surface area contributed by atoms with E-state index < -0.39 is 30.4 Å². The van der Waals surface area contributed by atoms with Crippen LogP contribution in [0.2, 0.25) is 0 Å². The van der Waals surface area contributed by atoms with Crippen LogP contribution in [0.3, 0.4) is 0 Å². The van der Waals surface area contributed by atoms with Gasteiger partial charge in [0.25, 0.3) is 0 Å². The van der Waals surface area contributed by atoms with Crippen LogP contribution in [0.1, 0.15) is 22.7 Å². The number of halogens is 3. The minimum absolute atomic E-state index is 0.0347. The molecule has 0 spiro atoms. The van der Waals surface area contributed by atoms with Gasteiger partial charge in [0.2, 0.25) is 0 Å². The summed E-state index contributed by atoms with van der Waals surface area (Å²) in [5.41, 5.74) is 0.908.